The molecular weight excluding hydrogens is 546 g/mol. The molecule has 4 N–H and O–H groups in total. The van der Waals surface area contributed by atoms with E-state index in [1.165, 1.54) is 22.7 Å². The van der Waals surface area contributed by atoms with Gasteiger partial charge in [-0.15, -0.1) is 11.3 Å². The maximum Gasteiger partial charge on any atom is 0.235 e. The van der Waals surface area contributed by atoms with Gasteiger partial charge in [-0.3, -0.25) is 4.79 Å². The van der Waals surface area contributed by atoms with E-state index in [2.05, 4.69) is 21.7 Å². The number of hydrogen-bond acceptors (Lipinski definition) is 10. The number of rotatable bonds is 9. The van der Waals surface area contributed by atoms with E-state index in [4.69, 9.17) is 24.9 Å². The van der Waals surface area contributed by atoms with Crippen LogP contribution in [-0.4, -0.2) is 37.2 Å². The Balaban J connectivity index is 1.34. The Hall–Kier alpha value is -4.35. The minimum absolute atomic E-state index is 0.0506. The molecule has 0 saturated carbocycles. The van der Waals surface area contributed by atoms with Gasteiger partial charge in [-0.2, -0.15) is 0 Å². The summed E-state index contributed by atoms with van der Waals surface area (Å²) in [7, 11) is 4.69. The minimum Gasteiger partial charge on any atom is -0.493 e. The number of nitrogens with zero attached hydrogens (tertiary/aromatic N) is 2. The molecule has 0 radical (unpaired) electrons. The summed E-state index contributed by atoms with van der Waals surface area (Å²) in [5.74, 6) is 1.64. The van der Waals surface area contributed by atoms with Crippen LogP contribution in [-0.2, 0) is 4.79 Å². The highest BCUT2D eigenvalue weighted by molar-refractivity contribution is 7.23. The molecule has 1 aliphatic rings. The highest BCUT2D eigenvalue weighted by Gasteiger charge is 2.20. The first kappa shape index (κ1) is 27.2. The molecule has 0 bridgehead atoms. The molecule has 206 valence electrons. The second-order valence-electron chi connectivity index (χ2n) is 8.97. The summed E-state index contributed by atoms with van der Waals surface area (Å²) in [6.07, 6.45) is 6.91. The van der Waals surface area contributed by atoms with Gasteiger partial charge in [0.05, 0.1) is 32.9 Å². The number of nitrogens with one attached hydrogen (secondary N) is 2. The third kappa shape index (κ3) is 5.65. The molecule has 5 rings (SSSR count). The van der Waals surface area contributed by atoms with Crippen molar-refractivity contribution in [1.82, 2.24) is 9.97 Å². The molecule has 0 fully saturated rings. The number of nitrogens with two attached hydrogens (primary N) is 1. The SMILES string of the molecule is COc1cc(Nc2nc(N)c(-c3nc(-c4cccc(NC(=O)C5C=CCC=C5C)c4)cs3)s2)cc(OC)c1OC. The first-order valence-electron chi connectivity index (χ1n) is 12.4. The number of nitrogen functional groups attached to an aromatic ring is 1. The first-order valence-corrected chi connectivity index (χ1v) is 14.1. The van der Waals surface area contributed by atoms with Crippen molar-refractivity contribution in [1.29, 1.82) is 0 Å². The normalized spacial score (nSPS) is 14.4. The molecule has 0 spiro atoms. The number of allylic oxidation sites excluding steroid dienone is 2. The molecule has 2 aromatic heterocycles. The largest absolute Gasteiger partial charge is 0.493 e. The van der Waals surface area contributed by atoms with Crippen molar-refractivity contribution < 1.29 is 19.0 Å². The van der Waals surface area contributed by atoms with Crippen LogP contribution in [0.3, 0.4) is 0 Å². The highest BCUT2D eigenvalue weighted by Crippen LogP contribution is 2.43. The highest BCUT2D eigenvalue weighted by atomic mass is 32.1. The minimum atomic E-state index is -0.250. The Labute approximate surface area is 240 Å². The third-order valence-electron chi connectivity index (χ3n) is 6.37. The molecule has 2 aromatic carbocycles. The van der Waals surface area contributed by atoms with Crippen LogP contribution in [0.25, 0.3) is 21.1 Å². The van der Waals surface area contributed by atoms with Gasteiger partial charge in [-0.1, -0.05) is 47.3 Å². The Kier molecular flexibility index (Phi) is 8.04. The Morgan fingerprint density at radius 1 is 1.05 bits per heavy atom. The number of thiazole rings is 2. The number of methoxy groups -OCH3 is 3. The molecule has 9 nitrogen and oxygen atoms in total. The van der Waals surface area contributed by atoms with Crippen LogP contribution >= 0.6 is 22.7 Å². The summed E-state index contributed by atoms with van der Waals surface area (Å²) >= 11 is 2.88. The van der Waals surface area contributed by atoms with E-state index in [9.17, 15) is 4.79 Å². The maximum absolute atomic E-state index is 12.8. The van der Waals surface area contributed by atoms with Crippen molar-refractivity contribution in [3.8, 4) is 38.4 Å². The summed E-state index contributed by atoms with van der Waals surface area (Å²) in [5.41, 5.74) is 10.5. The van der Waals surface area contributed by atoms with Gasteiger partial charge in [-0.25, -0.2) is 9.97 Å². The first-order chi connectivity index (χ1) is 19.4. The Morgan fingerprint density at radius 3 is 2.52 bits per heavy atom. The van der Waals surface area contributed by atoms with Gasteiger partial charge in [0.15, 0.2) is 16.6 Å². The lowest BCUT2D eigenvalue weighted by Gasteiger charge is -2.17. The molecule has 40 heavy (non-hydrogen) atoms. The van der Waals surface area contributed by atoms with Gasteiger partial charge in [-0.05, 0) is 25.5 Å². The molecule has 1 unspecified atom stereocenters. The quantitative estimate of drug-likeness (QED) is 0.188. The monoisotopic (exact) mass is 575 g/mol. The van der Waals surface area contributed by atoms with Crippen molar-refractivity contribution in [3.05, 3.63) is 65.6 Å². The molecule has 1 aliphatic carbocycles. The summed E-state index contributed by atoms with van der Waals surface area (Å²) in [6.45, 7) is 1.98. The van der Waals surface area contributed by atoms with E-state index < -0.39 is 0 Å². The predicted octanol–water partition coefficient (Wildman–Crippen LogP) is 6.75. The molecule has 1 amide bonds. The number of carbonyl (C=O) groups excluding carboxylic acids is 1. The standard InChI is InChI=1S/C29H29N5O4S2/c1-16-8-5-6-11-20(16)27(35)31-18-10-7-9-17(12-18)21-15-39-28(33-21)25-26(30)34-29(40-25)32-19-13-22(36-2)24(38-4)23(14-19)37-3/h6-15,20H,5,30H2,1-4H3,(H,31,35)(H,32,34). The van der Waals surface area contributed by atoms with Crippen LogP contribution in [0.2, 0.25) is 0 Å². The Bertz CT molecular complexity index is 1580. The van der Waals surface area contributed by atoms with Gasteiger partial charge < -0.3 is 30.6 Å². The number of ether oxygens (including phenoxy) is 3. The fraction of sp³-hybridized carbons (Fsp3) is 0.207. The van der Waals surface area contributed by atoms with Crippen molar-refractivity contribution in [2.45, 2.75) is 13.3 Å². The second-order valence-corrected chi connectivity index (χ2v) is 10.8. The van der Waals surface area contributed by atoms with Crippen LogP contribution in [0.1, 0.15) is 13.3 Å². The van der Waals surface area contributed by atoms with Crippen LogP contribution < -0.4 is 30.6 Å². The lowest BCUT2D eigenvalue weighted by atomic mass is 9.94. The van der Waals surface area contributed by atoms with Crippen molar-refractivity contribution >= 4 is 50.9 Å². The van der Waals surface area contributed by atoms with E-state index >= 15 is 0 Å². The molecule has 0 aliphatic heterocycles. The zero-order chi connectivity index (χ0) is 28.2. The number of amides is 1. The lowest BCUT2D eigenvalue weighted by Crippen LogP contribution is -2.23. The van der Waals surface area contributed by atoms with E-state index in [1.807, 2.05) is 48.7 Å². The van der Waals surface area contributed by atoms with Crippen LogP contribution in [0.15, 0.2) is 65.6 Å². The molecule has 2 heterocycles. The van der Waals surface area contributed by atoms with Crippen LogP contribution in [0, 0.1) is 5.92 Å². The van der Waals surface area contributed by atoms with Gasteiger partial charge in [0.2, 0.25) is 11.7 Å². The van der Waals surface area contributed by atoms with E-state index in [-0.39, 0.29) is 11.8 Å². The average Bonchev–Trinajstić information content (AvgIpc) is 3.59. The molecular formula is C29H29N5O4S2. The van der Waals surface area contributed by atoms with Crippen molar-refractivity contribution in [2.75, 3.05) is 37.7 Å². The number of anilines is 4. The zero-order valence-corrected chi connectivity index (χ0v) is 24.1. The van der Waals surface area contributed by atoms with Gasteiger partial charge in [0.25, 0.3) is 0 Å². The molecule has 11 heteroatoms. The second kappa shape index (κ2) is 11.8. The fourth-order valence-electron chi connectivity index (χ4n) is 4.34. The van der Waals surface area contributed by atoms with Crippen LogP contribution in [0.4, 0.5) is 22.3 Å². The van der Waals surface area contributed by atoms with Crippen molar-refractivity contribution in [3.63, 3.8) is 0 Å². The smallest absolute Gasteiger partial charge is 0.235 e. The average molecular weight is 576 g/mol. The van der Waals surface area contributed by atoms with Gasteiger partial charge in [0.1, 0.15) is 15.7 Å². The van der Waals surface area contributed by atoms with Crippen LogP contribution in [0.5, 0.6) is 17.2 Å². The predicted molar refractivity (Wildman–Crippen MR) is 162 cm³/mol. The number of benzene rings is 2. The third-order valence-corrected chi connectivity index (χ3v) is 8.35. The summed E-state index contributed by atoms with van der Waals surface area (Å²) in [6, 6.07) is 11.3. The van der Waals surface area contributed by atoms with E-state index in [0.717, 1.165) is 38.8 Å². The van der Waals surface area contributed by atoms with E-state index in [1.54, 1.807) is 33.5 Å². The summed E-state index contributed by atoms with van der Waals surface area (Å²) in [5, 5.41) is 9.63. The molecule has 1 atom stereocenters. The topological polar surface area (TPSA) is 121 Å². The fourth-order valence-corrected chi connectivity index (χ4v) is 6.18. The van der Waals surface area contributed by atoms with Crippen molar-refractivity contribution in [2.24, 2.45) is 5.92 Å². The molecule has 4 aromatic rings. The van der Waals surface area contributed by atoms with Gasteiger partial charge >= 0.3 is 0 Å². The number of aromatic nitrogens is 2. The Morgan fingerprint density at radius 2 is 1.82 bits per heavy atom. The summed E-state index contributed by atoms with van der Waals surface area (Å²) in [4.78, 5) is 22.9. The maximum atomic E-state index is 12.8. The zero-order valence-electron chi connectivity index (χ0n) is 22.5. The number of carbonyl (C=O) groups is 1. The van der Waals surface area contributed by atoms with E-state index in [0.29, 0.717) is 33.9 Å². The summed E-state index contributed by atoms with van der Waals surface area (Å²) < 4.78 is 16.3. The molecule has 0 saturated heterocycles. The lowest BCUT2D eigenvalue weighted by molar-refractivity contribution is -0.117. The number of hydrogen-bond donors (Lipinski definition) is 3. The van der Waals surface area contributed by atoms with Gasteiger partial charge in [0, 0.05) is 34.5 Å².